The molecule has 0 saturated carbocycles. The molecule has 2 N–H and O–H groups in total. The van der Waals surface area contributed by atoms with E-state index in [1.54, 1.807) is 13.3 Å². The second kappa shape index (κ2) is 4.61. The molecule has 0 amide bonds. The van der Waals surface area contributed by atoms with Gasteiger partial charge < -0.3 is 15.2 Å². The second-order valence-electron chi connectivity index (χ2n) is 2.40. The van der Waals surface area contributed by atoms with Crippen molar-refractivity contribution in [3.05, 3.63) is 12.0 Å². The Balaban J connectivity index is 2.91. The molecule has 72 valence electrons. The van der Waals surface area contributed by atoms with Gasteiger partial charge in [0.15, 0.2) is 5.75 Å². The van der Waals surface area contributed by atoms with Gasteiger partial charge in [-0.2, -0.15) is 4.98 Å². The minimum absolute atomic E-state index is 0.445. The first-order valence-corrected chi connectivity index (χ1v) is 3.95. The molecular weight excluding hydrogens is 170 g/mol. The topological polar surface area (TPSA) is 70.3 Å². The minimum Gasteiger partial charge on any atom is -0.490 e. The summed E-state index contributed by atoms with van der Waals surface area (Å²) in [5.74, 6) is 1.64. The van der Waals surface area contributed by atoms with Gasteiger partial charge in [0.25, 0.3) is 5.88 Å². The maximum absolute atomic E-state index is 5.37. The van der Waals surface area contributed by atoms with Crippen molar-refractivity contribution in [2.45, 2.75) is 6.42 Å². The Bertz CT molecular complexity index is 278. The lowest BCUT2D eigenvalue weighted by molar-refractivity contribution is 0.339. The quantitative estimate of drug-likeness (QED) is 0.711. The molecule has 0 bridgehead atoms. The zero-order chi connectivity index (χ0) is 9.68. The highest BCUT2D eigenvalue weighted by atomic mass is 16.5. The third-order valence-corrected chi connectivity index (χ3v) is 1.55. The van der Waals surface area contributed by atoms with Crippen LogP contribution in [0.2, 0.25) is 0 Å². The third-order valence-electron chi connectivity index (χ3n) is 1.55. The Kier molecular flexibility index (Phi) is 3.45. The minimum atomic E-state index is 0.445. The summed E-state index contributed by atoms with van der Waals surface area (Å²) in [5, 5.41) is 0. The summed E-state index contributed by atoms with van der Waals surface area (Å²) < 4.78 is 9.99. The molecule has 0 saturated heterocycles. The molecular formula is C8H13N3O2. The molecule has 0 aromatic carbocycles. The van der Waals surface area contributed by atoms with E-state index in [1.807, 2.05) is 0 Å². The van der Waals surface area contributed by atoms with E-state index in [-0.39, 0.29) is 0 Å². The summed E-state index contributed by atoms with van der Waals surface area (Å²) in [6, 6.07) is 0. The Hall–Kier alpha value is -1.36. The van der Waals surface area contributed by atoms with Gasteiger partial charge in [-0.3, -0.25) is 0 Å². The number of ether oxygens (including phenoxy) is 2. The number of aromatic nitrogens is 2. The Labute approximate surface area is 76.9 Å². The molecule has 13 heavy (non-hydrogen) atoms. The lowest BCUT2D eigenvalue weighted by atomic mass is 10.4. The van der Waals surface area contributed by atoms with Gasteiger partial charge in [0.05, 0.1) is 20.4 Å². The number of hydrogen-bond donors (Lipinski definition) is 1. The van der Waals surface area contributed by atoms with Gasteiger partial charge in [-0.05, 0) is 6.54 Å². The van der Waals surface area contributed by atoms with Crippen LogP contribution in [-0.2, 0) is 6.42 Å². The molecule has 0 unspecified atom stereocenters. The molecule has 0 fully saturated rings. The molecule has 5 heteroatoms. The highest BCUT2D eigenvalue weighted by Gasteiger charge is 2.06. The SMILES string of the molecule is COc1cnc(CCN)nc1OC. The fourth-order valence-corrected chi connectivity index (χ4v) is 0.925. The molecule has 0 aliphatic carbocycles. The zero-order valence-corrected chi connectivity index (χ0v) is 7.78. The fraction of sp³-hybridized carbons (Fsp3) is 0.500. The summed E-state index contributed by atoms with van der Waals surface area (Å²) in [4.78, 5) is 8.17. The number of rotatable bonds is 4. The van der Waals surface area contributed by atoms with E-state index >= 15 is 0 Å². The summed E-state index contributed by atoms with van der Waals surface area (Å²) in [5.41, 5.74) is 5.37. The van der Waals surface area contributed by atoms with Crippen LogP contribution in [0.4, 0.5) is 0 Å². The highest BCUT2D eigenvalue weighted by Crippen LogP contribution is 2.21. The normalized spacial score (nSPS) is 9.77. The lowest BCUT2D eigenvalue weighted by Crippen LogP contribution is -2.07. The molecule has 1 aromatic heterocycles. The second-order valence-corrected chi connectivity index (χ2v) is 2.40. The van der Waals surface area contributed by atoms with E-state index in [2.05, 4.69) is 9.97 Å². The van der Waals surface area contributed by atoms with Crippen LogP contribution in [0.15, 0.2) is 6.20 Å². The lowest BCUT2D eigenvalue weighted by Gasteiger charge is -2.06. The number of methoxy groups -OCH3 is 2. The monoisotopic (exact) mass is 183 g/mol. The van der Waals surface area contributed by atoms with E-state index in [4.69, 9.17) is 15.2 Å². The molecule has 0 radical (unpaired) electrons. The van der Waals surface area contributed by atoms with Gasteiger partial charge in [-0.1, -0.05) is 0 Å². The largest absolute Gasteiger partial charge is 0.490 e. The Morgan fingerprint density at radius 1 is 1.38 bits per heavy atom. The van der Waals surface area contributed by atoms with Crippen molar-refractivity contribution < 1.29 is 9.47 Å². The van der Waals surface area contributed by atoms with E-state index in [9.17, 15) is 0 Å². The number of nitrogens with zero attached hydrogens (tertiary/aromatic N) is 2. The first-order valence-electron chi connectivity index (χ1n) is 3.95. The molecule has 1 aromatic rings. The van der Waals surface area contributed by atoms with Gasteiger partial charge in [0, 0.05) is 6.42 Å². The predicted molar refractivity (Wildman–Crippen MR) is 47.9 cm³/mol. The maximum Gasteiger partial charge on any atom is 0.260 e. The van der Waals surface area contributed by atoms with E-state index in [0.717, 1.165) is 0 Å². The smallest absolute Gasteiger partial charge is 0.260 e. The molecule has 1 rings (SSSR count). The van der Waals surface area contributed by atoms with Gasteiger partial charge >= 0.3 is 0 Å². The average Bonchev–Trinajstić information content (AvgIpc) is 2.18. The van der Waals surface area contributed by atoms with Crippen molar-refractivity contribution in [2.75, 3.05) is 20.8 Å². The number of hydrogen-bond acceptors (Lipinski definition) is 5. The van der Waals surface area contributed by atoms with Crippen LogP contribution in [0.1, 0.15) is 5.82 Å². The molecule has 0 aliphatic heterocycles. The van der Waals surface area contributed by atoms with Crippen LogP contribution in [0.3, 0.4) is 0 Å². The Morgan fingerprint density at radius 2 is 2.15 bits per heavy atom. The van der Waals surface area contributed by atoms with Crippen LogP contribution < -0.4 is 15.2 Å². The van der Waals surface area contributed by atoms with Crippen LogP contribution in [-0.4, -0.2) is 30.7 Å². The van der Waals surface area contributed by atoms with Gasteiger partial charge in [0.2, 0.25) is 0 Å². The van der Waals surface area contributed by atoms with Crippen molar-refractivity contribution in [3.8, 4) is 11.6 Å². The number of nitrogens with two attached hydrogens (primary N) is 1. The van der Waals surface area contributed by atoms with Crippen molar-refractivity contribution >= 4 is 0 Å². The predicted octanol–water partition coefficient (Wildman–Crippen LogP) is -0.00500. The average molecular weight is 183 g/mol. The fourth-order valence-electron chi connectivity index (χ4n) is 0.925. The van der Waals surface area contributed by atoms with Gasteiger partial charge in [0.1, 0.15) is 5.82 Å². The van der Waals surface area contributed by atoms with E-state index in [1.165, 1.54) is 7.11 Å². The van der Waals surface area contributed by atoms with Crippen LogP contribution in [0.5, 0.6) is 11.6 Å². The standard InChI is InChI=1S/C8H13N3O2/c1-12-6-5-10-7(3-4-9)11-8(6)13-2/h5H,3-4,9H2,1-2H3. The maximum atomic E-state index is 5.37. The van der Waals surface area contributed by atoms with Crippen molar-refractivity contribution in [3.63, 3.8) is 0 Å². The molecule has 1 heterocycles. The third kappa shape index (κ3) is 2.29. The molecule has 0 spiro atoms. The van der Waals surface area contributed by atoms with Gasteiger partial charge in [-0.25, -0.2) is 4.98 Å². The summed E-state index contributed by atoms with van der Waals surface area (Å²) >= 11 is 0. The molecule has 0 aliphatic rings. The van der Waals surface area contributed by atoms with E-state index < -0.39 is 0 Å². The van der Waals surface area contributed by atoms with Crippen molar-refractivity contribution in [2.24, 2.45) is 5.73 Å². The summed E-state index contributed by atoms with van der Waals surface area (Å²) in [6.45, 7) is 0.523. The van der Waals surface area contributed by atoms with Crippen molar-refractivity contribution in [1.29, 1.82) is 0 Å². The van der Waals surface area contributed by atoms with Crippen LogP contribution >= 0.6 is 0 Å². The highest BCUT2D eigenvalue weighted by molar-refractivity contribution is 5.30. The van der Waals surface area contributed by atoms with Crippen LogP contribution in [0, 0.1) is 0 Å². The van der Waals surface area contributed by atoms with Crippen LogP contribution in [0.25, 0.3) is 0 Å². The zero-order valence-electron chi connectivity index (χ0n) is 7.78. The first-order chi connectivity index (χ1) is 6.31. The summed E-state index contributed by atoms with van der Waals surface area (Å²) in [6.07, 6.45) is 2.22. The molecule has 0 atom stereocenters. The van der Waals surface area contributed by atoms with Gasteiger partial charge in [-0.15, -0.1) is 0 Å². The Morgan fingerprint density at radius 3 is 2.69 bits per heavy atom. The molecule has 5 nitrogen and oxygen atoms in total. The van der Waals surface area contributed by atoms with Crippen molar-refractivity contribution in [1.82, 2.24) is 9.97 Å². The summed E-state index contributed by atoms with van der Waals surface area (Å²) in [7, 11) is 3.08. The van der Waals surface area contributed by atoms with E-state index in [0.29, 0.717) is 30.4 Å². The first kappa shape index (κ1) is 9.73.